The van der Waals surface area contributed by atoms with Crippen LogP contribution in [-0.2, 0) is 42.9 Å². The van der Waals surface area contributed by atoms with Gasteiger partial charge < -0.3 is 44.6 Å². The molecule has 0 spiro atoms. The third kappa shape index (κ3) is 32.8. The first-order chi connectivity index (χ1) is 22.2. The zero-order valence-corrected chi connectivity index (χ0v) is 28.0. The average molecular weight is 661 g/mol. The molecule has 0 radical (unpaired) electrons. The lowest BCUT2D eigenvalue weighted by Crippen LogP contribution is -2.41. The lowest BCUT2D eigenvalue weighted by atomic mass is 10.0. The molecule has 0 saturated carbocycles. The topological polar surface area (TPSA) is 187 Å². The van der Waals surface area contributed by atoms with Crippen LogP contribution in [0, 0.1) is 0 Å². The largest absolute Gasteiger partial charge is 0.481 e. The van der Waals surface area contributed by atoms with E-state index in [1.165, 1.54) is 45.4 Å². The number of aliphatic carboxylic acids is 2. The SMILES string of the molecule is CC(=O)CCC(NC(=O)CCOCCOCCOCCOCCNC(=O)CCCCCCCCCCCCCCC(=O)O)C(=O)O. The van der Waals surface area contributed by atoms with E-state index in [4.69, 9.17) is 29.2 Å². The molecular formula is C33H60N2O11. The Kier molecular flexibility index (Phi) is 30.5. The minimum atomic E-state index is -1.17. The predicted molar refractivity (Wildman–Crippen MR) is 173 cm³/mol. The number of ether oxygens (including phenoxy) is 4. The maximum Gasteiger partial charge on any atom is 0.326 e. The van der Waals surface area contributed by atoms with Gasteiger partial charge in [-0.05, 0) is 26.2 Å². The van der Waals surface area contributed by atoms with Crippen molar-refractivity contribution in [3.05, 3.63) is 0 Å². The number of carboxylic acids is 2. The molecule has 13 heteroatoms. The molecule has 0 saturated heterocycles. The fourth-order valence-electron chi connectivity index (χ4n) is 4.48. The highest BCUT2D eigenvalue weighted by atomic mass is 16.6. The van der Waals surface area contributed by atoms with Gasteiger partial charge in [0.05, 0.1) is 52.9 Å². The first-order valence-electron chi connectivity index (χ1n) is 17.0. The summed E-state index contributed by atoms with van der Waals surface area (Å²) in [5, 5.41) is 23.0. The molecule has 0 aliphatic carbocycles. The number of hydrogen-bond acceptors (Lipinski definition) is 9. The molecule has 46 heavy (non-hydrogen) atoms. The molecule has 13 nitrogen and oxygen atoms in total. The van der Waals surface area contributed by atoms with E-state index >= 15 is 0 Å². The number of unbranched alkanes of at least 4 members (excludes halogenated alkanes) is 11. The van der Waals surface area contributed by atoms with Crippen LogP contribution in [0.1, 0.15) is 116 Å². The molecule has 1 atom stereocenters. The van der Waals surface area contributed by atoms with Gasteiger partial charge >= 0.3 is 11.9 Å². The fraction of sp³-hybridized carbons (Fsp3) is 0.848. The predicted octanol–water partition coefficient (Wildman–Crippen LogP) is 4.04. The van der Waals surface area contributed by atoms with Crippen LogP contribution >= 0.6 is 0 Å². The Bertz CT molecular complexity index is 810. The number of Topliss-reactive ketones (excluding diaryl/α,β-unsaturated/α-hetero) is 1. The molecule has 0 heterocycles. The van der Waals surface area contributed by atoms with Gasteiger partial charge in [-0.2, -0.15) is 0 Å². The van der Waals surface area contributed by atoms with Crippen molar-refractivity contribution in [3.8, 4) is 0 Å². The second-order valence-corrected chi connectivity index (χ2v) is 11.4. The molecule has 2 amide bonds. The number of carboxylic acid groups (broad SMARTS) is 2. The summed E-state index contributed by atoms with van der Waals surface area (Å²) in [5.41, 5.74) is 0. The molecule has 1 unspecified atom stereocenters. The molecule has 4 N–H and O–H groups in total. The summed E-state index contributed by atoms with van der Waals surface area (Å²) < 4.78 is 21.6. The Morgan fingerprint density at radius 2 is 0.957 bits per heavy atom. The quantitative estimate of drug-likeness (QED) is 0.0719. The maximum atomic E-state index is 11.9. The number of rotatable bonds is 35. The summed E-state index contributed by atoms with van der Waals surface area (Å²) in [7, 11) is 0. The fourth-order valence-corrected chi connectivity index (χ4v) is 4.48. The molecule has 268 valence electrons. The standard InChI is InChI=1S/C33H60N2O11/c1-28(36)16-17-29(33(41)42)35-31(38)18-20-43-22-24-45-26-27-46-25-23-44-21-19-34-30(37)14-12-10-8-6-4-2-3-5-7-9-11-13-15-32(39)40/h29H,2-27H2,1H3,(H,34,37)(H,35,38)(H,39,40)(H,41,42). The first kappa shape index (κ1) is 43.4. The number of nitrogens with one attached hydrogen (secondary N) is 2. The van der Waals surface area contributed by atoms with E-state index in [9.17, 15) is 24.0 Å². The second-order valence-electron chi connectivity index (χ2n) is 11.4. The monoisotopic (exact) mass is 660 g/mol. The Labute approximate surface area is 274 Å². The van der Waals surface area contributed by atoms with E-state index in [2.05, 4.69) is 10.6 Å². The molecule has 0 aromatic carbocycles. The molecule has 0 aliphatic heterocycles. The van der Waals surface area contributed by atoms with E-state index in [1.54, 1.807) is 0 Å². The van der Waals surface area contributed by atoms with Crippen molar-refractivity contribution in [2.75, 3.05) is 59.4 Å². The third-order valence-electron chi connectivity index (χ3n) is 7.12. The van der Waals surface area contributed by atoms with Crippen molar-refractivity contribution >= 4 is 29.5 Å². The van der Waals surface area contributed by atoms with Crippen molar-refractivity contribution in [2.24, 2.45) is 0 Å². The van der Waals surface area contributed by atoms with E-state index in [-0.39, 0.29) is 50.6 Å². The van der Waals surface area contributed by atoms with Crippen LogP contribution in [0.3, 0.4) is 0 Å². The van der Waals surface area contributed by atoms with Crippen LogP contribution in [0.25, 0.3) is 0 Å². The highest BCUT2D eigenvalue weighted by molar-refractivity contribution is 5.84. The van der Waals surface area contributed by atoms with Crippen LogP contribution < -0.4 is 10.6 Å². The first-order valence-corrected chi connectivity index (χ1v) is 17.0. The molecule has 0 fully saturated rings. The number of carbonyl (C=O) groups excluding carboxylic acids is 3. The Balaban J connectivity index is 3.35. The zero-order valence-electron chi connectivity index (χ0n) is 28.0. The van der Waals surface area contributed by atoms with Crippen molar-refractivity contribution < 1.29 is 53.1 Å². The molecule has 0 bridgehead atoms. The highest BCUT2D eigenvalue weighted by Crippen LogP contribution is 2.13. The zero-order chi connectivity index (χ0) is 34.1. The molecule has 0 rings (SSSR count). The van der Waals surface area contributed by atoms with Crippen LogP contribution in [0.2, 0.25) is 0 Å². The van der Waals surface area contributed by atoms with Crippen molar-refractivity contribution in [2.45, 2.75) is 122 Å². The number of ketones is 1. The van der Waals surface area contributed by atoms with Crippen LogP contribution in [-0.4, -0.2) is 105 Å². The highest BCUT2D eigenvalue weighted by Gasteiger charge is 2.20. The summed E-state index contributed by atoms with van der Waals surface area (Å²) in [6.45, 7) is 4.65. The molecule has 0 aromatic heterocycles. The van der Waals surface area contributed by atoms with Gasteiger partial charge in [0.25, 0.3) is 0 Å². The average Bonchev–Trinajstić information content (AvgIpc) is 3.00. The van der Waals surface area contributed by atoms with Gasteiger partial charge in [-0.15, -0.1) is 0 Å². The van der Waals surface area contributed by atoms with E-state index in [1.807, 2.05) is 0 Å². The van der Waals surface area contributed by atoms with E-state index < -0.39 is 23.9 Å². The van der Waals surface area contributed by atoms with Gasteiger partial charge in [0.1, 0.15) is 11.8 Å². The summed E-state index contributed by atoms with van der Waals surface area (Å²) in [5.74, 6) is -2.40. The third-order valence-corrected chi connectivity index (χ3v) is 7.12. The van der Waals surface area contributed by atoms with Crippen molar-refractivity contribution in [1.29, 1.82) is 0 Å². The number of carbonyl (C=O) groups is 5. The Morgan fingerprint density at radius 3 is 1.41 bits per heavy atom. The Hall–Kier alpha value is -2.61. The van der Waals surface area contributed by atoms with Crippen LogP contribution in [0.5, 0.6) is 0 Å². The van der Waals surface area contributed by atoms with Gasteiger partial charge in [0.2, 0.25) is 11.8 Å². The van der Waals surface area contributed by atoms with Gasteiger partial charge in [0, 0.05) is 32.2 Å². The lowest BCUT2D eigenvalue weighted by molar-refractivity contribution is -0.142. The number of amides is 2. The summed E-state index contributed by atoms with van der Waals surface area (Å²) in [6, 6.07) is -1.09. The maximum absolute atomic E-state index is 11.9. The minimum Gasteiger partial charge on any atom is -0.481 e. The van der Waals surface area contributed by atoms with Crippen molar-refractivity contribution in [3.63, 3.8) is 0 Å². The van der Waals surface area contributed by atoms with Gasteiger partial charge in [0.15, 0.2) is 0 Å². The van der Waals surface area contributed by atoms with Crippen LogP contribution in [0.15, 0.2) is 0 Å². The van der Waals surface area contributed by atoms with Gasteiger partial charge in [-0.3, -0.25) is 14.4 Å². The molecule has 0 aromatic rings. The summed E-state index contributed by atoms with van der Waals surface area (Å²) in [6.07, 6.45) is 14.4. The lowest BCUT2D eigenvalue weighted by Gasteiger charge is -2.13. The Morgan fingerprint density at radius 1 is 0.522 bits per heavy atom. The van der Waals surface area contributed by atoms with Crippen molar-refractivity contribution in [1.82, 2.24) is 10.6 Å². The van der Waals surface area contributed by atoms with Gasteiger partial charge in [-0.1, -0.05) is 64.2 Å². The minimum absolute atomic E-state index is 0.0145. The normalized spacial score (nSPS) is 11.7. The van der Waals surface area contributed by atoms with E-state index in [0.717, 1.165) is 38.5 Å². The smallest absolute Gasteiger partial charge is 0.326 e. The molecule has 0 aliphatic rings. The van der Waals surface area contributed by atoms with Gasteiger partial charge in [-0.25, -0.2) is 4.79 Å². The summed E-state index contributed by atoms with van der Waals surface area (Å²) in [4.78, 5) is 56.4. The van der Waals surface area contributed by atoms with Crippen LogP contribution in [0.4, 0.5) is 0 Å². The summed E-state index contributed by atoms with van der Waals surface area (Å²) >= 11 is 0. The second kappa shape index (κ2) is 32.3. The van der Waals surface area contributed by atoms with E-state index in [0.29, 0.717) is 52.6 Å². The number of hydrogen-bond donors (Lipinski definition) is 4. The molecular weight excluding hydrogens is 600 g/mol.